The zero-order valence-corrected chi connectivity index (χ0v) is 11.0. The minimum Gasteiger partial charge on any atom is -0.477 e. The van der Waals surface area contributed by atoms with Gasteiger partial charge in [-0.15, -0.1) is 11.6 Å². The molecule has 0 saturated carbocycles. The zero-order chi connectivity index (χ0) is 12.8. The zero-order valence-electron chi connectivity index (χ0n) is 10.2. The van der Waals surface area contributed by atoms with Gasteiger partial charge in [-0.25, -0.2) is 4.98 Å². The van der Waals surface area contributed by atoms with Gasteiger partial charge in [-0.3, -0.25) is 4.79 Å². The average molecular weight is 257 g/mol. The summed E-state index contributed by atoms with van der Waals surface area (Å²) in [5.41, 5.74) is 0.611. The molecule has 1 amide bonds. The summed E-state index contributed by atoms with van der Waals surface area (Å²) in [6, 6.07) is 3.46. The molecule has 1 rings (SSSR count). The molecule has 1 unspecified atom stereocenters. The van der Waals surface area contributed by atoms with Crippen molar-refractivity contribution in [1.29, 1.82) is 0 Å². The first kappa shape index (κ1) is 13.8. The number of hydrogen-bond acceptors (Lipinski definition) is 3. The second kappa shape index (κ2) is 6.45. The Hall–Kier alpha value is -1.29. The summed E-state index contributed by atoms with van der Waals surface area (Å²) >= 11 is 5.64. The first-order chi connectivity index (χ1) is 7.99. The van der Waals surface area contributed by atoms with E-state index in [2.05, 4.69) is 24.1 Å². The van der Waals surface area contributed by atoms with Crippen molar-refractivity contribution in [3.05, 3.63) is 18.3 Å². The topological polar surface area (TPSA) is 51.2 Å². The fourth-order valence-electron chi connectivity index (χ4n) is 1.03. The van der Waals surface area contributed by atoms with Gasteiger partial charge < -0.3 is 10.1 Å². The summed E-state index contributed by atoms with van der Waals surface area (Å²) in [7, 11) is 0. The summed E-state index contributed by atoms with van der Waals surface area (Å²) < 4.78 is 5.42. The van der Waals surface area contributed by atoms with Crippen molar-refractivity contribution in [1.82, 2.24) is 4.98 Å². The minimum absolute atomic E-state index is 0.246. The Balaban J connectivity index is 2.53. The van der Waals surface area contributed by atoms with Crippen LogP contribution in [0.15, 0.2) is 18.3 Å². The Bertz CT molecular complexity index is 363. The number of pyridine rings is 1. The average Bonchev–Trinajstić information content (AvgIpc) is 2.28. The van der Waals surface area contributed by atoms with Crippen LogP contribution in [-0.4, -0.2) is 22.9 Å². The van der Waals surface area contributed by atoms with E-state index in [4.69, 9.17) is 16.3 Å². The molecule has 4 nitrogen and oxygen atoms in total. The first-order valence-corrected chi connectivity index (χ1v) is 5.96. The standard InChI is InChI=1S/C12H17ClN2O2/c1-8(2)7-17-11-5-4-10(6-14-11)15-12(16)9(3)13/h4-6,8-9H,7H2,1-3H3,(H,15,16). The molecule has 1 atom stereocenters. The van der Waals surface area contributed by atoms with Crippen LogP contribution < -0.4 is 10.1 Å². The maximum absolute atomic E-state index is 11.3. The molecule has 17 heavy (non-hydrogen) atoms. The van der Waals surface area contributed by atoms with Gasteiger partial charge in [0, 0.05) is 6.07 Å². The van der Waals surface area contributed by atoms with Gasteiger partial charge in [0.25, 0.3) is 0 Å². The number of alkyl halides is 1. The lowest BCUT2D eigenvalue weighted by atomic mass is 10.2. The van der Waals surface area contributed by atoms with Crippen molar-refractivity contribution in [3.63, 3.8) is 0 Å². The number of halogens is 1. The number of ether oxygens (including phenoxy) is 1. The Morgan fingerprint density at radius 2 is 2.18 bits per heavy atom. The number of amides is 1. The number of anilines is 1. The van der Waals surface area contributed by atoms with Crippen LogP contribution in [0.4, 0.5) is 5.69 Å². The Labute approximate surface area is 106 Å². The second-order valence-electron chi connectivity index (χ2n) is 4.20. The van der Waals surface area contributed by atoms with Crippen molar-refractivity contribution in [2.75, 3.05) is 11.9 Å². The molecule has 0 aliphatic heterocycles. The third-order valence-corrected chi connectivity index (χ3v) is 2.13. The molecule has 1 heterocycles. The molecule has 0 aliphatic carbocycles. The molecule has 0 radical (unpaired) electrons. The summed E-state index contributed by atoms with van der Waals surface area (Å²) in [6.45, 7) is 6.37. The molecule has 0 aromatic carbocycles. The molecule has 0 aliphatic rings. The Kier molecular flexibility index (Phi) is 5.22. The summed E-state index contributed by atoms with van der Waals surface area (Å²) in [5.74, 6) is 0.758. The highest BCUT2D eigenvalue weighted by Crippen LogP contribution is 2.13. The van der Waals surface area contributed by atoms with Crippen LogP contribution in [0.2, 0.25) is 0 Å². The molecular formula is C12H17ClN2O2. The van der Waals surface area contributed by atoms with E-state index in [-0.39, 0.29) is 5.91 Å². The predicted molar refractivity (Wildman–Crippen MR) is 68.5 cm³/mol. The van der Waals surface area contributed by atoms with Crippen molar-refractivity contribution in [2.24, 2.45) is 5.92 Å². The van der Waals surface area contributed by atoms with Gasteiger partial charge >= 0.3 is 0 Å². The molecule has 0 bridgehead atoms. The van der Waals surface area contributed by atoms with Crippen LogP contribution in [0.25, 0.3) is 0 Å². The number of carbonyl (C=O) groups is 1. The predicted octanol–water partition coefficient (Wildman–Crippen LogP) is 2.68. The van der Waals surface area contributed by atoms with E-state index in [1.807, 2.05) is 0 Å². The molecule has 94 valence electrons. The lowest BCUT2D eigenvalue weighted by Gasteiger charge is -2.09. The SMILES string of the molecule is CC(C)COc1ccc(NC(=O)C(C)Cl)cn1. The van der Waals surface area contributed by atoms with Gasteiger partial charge in [-0.05, 0) is 18.9 Å². The number of rotatable bonds is 5. The molecule has 0 saturated heterocycles. The normalized spacial score (nSPS) is 12.3. The highest BCUT2D eigenvalue weighted by molar-refractivity contribution is 6.32. The van der Waals surface area contributed by atoms with E-state index < -0.39 is 5.38 Å². The van der Waals surface area contributed by atoms with Crippen LogP contribution >= 0.6 is 11.6 Å². The van der Waals surface area contributed by atoms with Crippen molar-refractivity contribution >= 4 is 23.2 Å². The van der Waals surface area contributed by atoms with Gasteiger partial charge in [0.15, 0.2) is 0 Å². The molecule has 0 fully saturated rings. The third-order valence-electron chi connectivity index (χ3n) is 1.93. The van der Waals surface area contributed by atoms with Crippen LogP contribution in [0.1, 0.15) is 20.8 Å². The summed E-state index contributed by atoms with van der Waals surface area (Å²) in [4.78, 5) is 15.4. The van der Waals surface area contributed by atoms with Crippen LogP contribution in [0.3, 0.4) is 0 Å². The van der Waals surface area contributed by atoms with Crippen LogP contribution in [0.5, 0.6) is 5.88 Å². The molecular weight excluding hydrogens is 240 g/mol. The monoisotopic (exact) mass is 256 g/mol. The molecule has 1 aromatic heterocycles. The van der Waals surface area contributed by atoms with Crippen LogP contribution in [-0.2, 0) is 4.79 Å². The van der Waals surface area contributed by atoms with Crippen molar-refractivity contribution in [3.8, 4) is 5.88 Å². The summed E-state index contributed by atoms with van der Waals surface area (Å²) in [6.07, 6.45) is 1.55. The smallest absolute Gasteiger partial charge is 0.242 e. The fourth-order valence-corrected chi connectivity index (χ4v) is 1.09. The van der Waals surface area contributed by atoms with Crippen LogP contribution in [0, 0.1) is 5.92 Å². The number of nitrogens with one attached hydrogen (secondary N) is 1. The van der Waals surface area contributed by atoms with E-state index in [1.54, 1.807) is 25.3 Å². The first-order valence-electron chi connectivity index (χ1n) is 5.53. The maximum Gasteiger partial charge on any atom is 0.242 e. The van der Waals surface area contributed by atoms with E-state index in [0.29, 0.717) is 24.1 Å². The summed E-state index contributed by atoms with van der Waals surface area (Å²) in [5, 5.41) is 2.08. The lowest BCUT2D eigenvalue weighted by Crippen LogP contribution is -2.20. The van der Waals surface area contributed by atoms with Gasteiger partial charge in [-0.1, -0.05) is 13.8 Å². The van der Waals surface area contributed by atoms with E-state index >= 15 is 0 Å². The maximum atomic E-state index is 11.3. The highest BCUT2D eigenvalue weighted by atomic mass is 35.5. The van der Waals surface area contributed by atoms with Gasteiger partial charge in [-0.2, -0.15) is 0 Å². The minimum atomic E-state index is -0.563. The number of aromatic nitrogens is 1. The number of carbonyl (C=O) groups excluding carboxylic acids is 1. The quantitative estimate of drug-likeness (QED) is 0.824. The molecule has 1 aromatic rings. The number of hydrogen-bond donors (Lipinski definition) is 1. The third kappa shape index (κ3) is 5.04. The lowest BCUT2D eigenvalue weighted by molar-refractivity contribution is -0.115. The largest absolute Gasteiger partial charge is 0.477 e. The van der Waals surface area contributed by atoms with E-state index in [1.165, 1.54) is 0 Å². The number of nitrogens with zero attached hydrogens (tertiary/aromatic N) is 1. The van der Waals surface area contributed by atoms with Gasteiger partial charge in [0.05, 0.1) is 18.5 Å². The fraction of sp³-hybridized carbons (Fsp3) is 0.500. The Morgan fingerprint density at radius 3 is 2.65 bits per heavy atom. The van der Waals surface area contributed by atoms with E-state index in [0.717, 1.165) is 0 Å². The second-order valence-corrected chi connectivity index (χ2v) is 4.85. The van der Waals surface area contributed by atoms with Crippen molar-refractivity contribution in [2.45, 2.75) is 26.1 Å². The molecule has 0 spiro atoms. The van der Waals surface area contributed by atoms with E-state index in [9.17, 15) is 4.79 Å². The highest BCUT2D eigenvalue weighted by Gasteiger charge is 2.09. The van der Waals surface area contributed by atoms with Crippen molar-refractivity contribution < 1.29 is 9.53 Å². The Morgan fingerprint density at radius 1 is 1.47 bits per heavy atom. The molecule has 5 heteroatoms. The van der Waals surface area contributed by atoms with Gasteiger partial charge in [0.2, 0.25) is 11.8 Å². The van der Waals surface area contributed by atoms with Gasteiger partial charge in [0.1, 0.15) is 5.38 Å². The molecule has 1 N–H and O–H groups in total.